The predicted molar refractivity (Wildman–Crippen MR) is 58.8 cm³/mol. The molecule has 0 bridgehead atoms. The number of ether oxygens (including phenoxy) is 1. The van der Waals surface area contributed by atoms with Crippen molar-refractivity contribution in [2.75, 3.05) is 6.61 Å². The highest BCUT2D eigenvalue weighted by Gasteiger charge is 2.27. The highest BCUT2D eigenvalue weighted by molar-refractivity contribution is 5.38. The summed E-state index contributed by atoms with van der Waals surface area (Å²) in [7, 11) is 0. The van der Waals surface area contributed by atoms with Gasteiger partial charge in [0.05, 0.1) is 6.61 Å². The SMILES string of the molecule is CC(C)C1(C)C=CC=C2CCOC2=C1. The smallest absolute Gasteiger partial charge is 0.119 e. The van der Waals surface area contributed by atoms with Crippen LogP contribution in [0.15, 0.2) is 35.6 Å². The molecule has 0 aromatic rings. The molecule has 76 valence electrons. The lowest BCUT2D eigenvalue weighted by atomic mass is 9.78. The summed E-state index contributed by atoms with van der Waals surface area (Å²) in [4.78, 5) is 0. The van der Waals surface area contributed by atoms with Crippen LogP contribution in [0.2, 0.25) is 0 Å². The lowest BCUT2D eigenvalue weighted by Crippen LogP contribution is -2.18. The van der Waals surface area contributed by atoms with E-state index in [0.717, 1.165) is 18.8 Å². The fourth-order valence-electron chi connectivity index (χ4n) is 1.85. The zero-order chi connectivity index (χ0) is 10.2. The molecule has 1 heteroatoms. The first-order valence-electron chi connectivity index (χ1n) is 5.36. The van der Waals surface area contributed by atoms with E-state index in [4.69, 9.17) is 4.74 Å². The Hall–Kier alpha value is -0.980. The molecule has 0 N–H and O–H groups in total. The highest BCUT2D eigenvalue weighted by atomic mass is 16.5. The molecule has 1 atom stereocenters. The zero-order valence-corrected chi connectivity index (χ0v) is 9.21. The van der Waals surface area contributed by atoms with Crippen LogP contribution in [-0.4, -0.2) is 6.61 Å². The third-order valence-electron chi connectivity index (χ3n) is 3.38. The van der Waals surface area contributed by atoms with Gasteiger partial charge in [-0.1, -0.05) is 39.0 Å². The van der Waals surface area contributed by atoms with E-state index in [1.165, 1.54) is 5.57 Å². The second kappa shape index (κ2) is 3.30. The molecule has 1 aliphatic heterocycles. The Balaban J connectivity index is 2.38. The number of rotatable bonds is 1. The Kier molecular flexibility index (Phi) is 2.26. The fourth-order valence-corrected chi connectivity index (χ4v) is 1.85. The van der Waals surface area contributed by atoms with E-state index < -0.39 is 0 Å². The second-order valence-electron chi connectivity index (χ2n) is 4.68. The van der Waals surface area contributed by atoms with Gasteiger partial charge in [0.1, 0.15) is 5.76 Å². The summed E-state index contributed by atoms with van der Waals surface area (Å²) in [6.07, 6.45) is 9.98. The van der Waals surface area contributed by atoms with E-state index in [-0.39, 0.29) is 5.41 Å². The predicted octanol–water partition coefficient (Wildman–Crippen LogP) is 3.45. The van der Waals surface area contributed by atoms with Gasteiger partial charge in [0.15, 0.2) is 0 Å². The van der Waals surface area contributed by atoms with Gasteiger partial charge in [0.2, 0.25) is 0 Å². The third kappa shape index (κ3) is 1.52. The summed E-state index contributed by atoms with van der Waals surface area (Å²) in [6, 6.07) is 0. The van der Waals surface area contributed by atoms with Crippen LogP contribution in [0.25, 0.3) is 0 Å². The van der Waals surface area contributed by atoms with Gasteiger partial charge in [0.25, 0.3) is 0 Å². The topological polar surface area (TPSA) is 9.23 Å². The first-order chi connectivity index (χ1) is 6.62. The molecule has 2 rings (SSSR count). The van der Waals surface area contributed by atoms with Crippen molar-refractivity contribution in [1.82, 2.24) is 0 Å². The van der Waals surface area contributed by atoms with Crippen molar-refractivity contribution >= 4 is 0 Å². The van der Waals surface area contributed by atoms with Gasteiger partial charge in [-0.25, -0.2) is 0 Å². The minimum Gasteiger partial charge on any atom is -0.493 e. The third-order valence-corrected chi connectivity index (χ3v) is 3.38. The average molecular weight is 190 g/mol. The molecule has 0 amide bonds. The van der Waals surface area contributed by atoms with Crippen LogP contribution in [-0.2, 0) is 4.74 Å². The van der Waals surface area contributed by atoms with Crippen LogP contribution in [0, 0.1) is 11.3 Å². The molecule has 1 nitrogen and oxygen atoms in total. The summed E-state index contributed by atoms with van der Waals surface area (Å²) >= 11 is 0. The first-order valence-corrected chi connectivity index (χ1v) is 5.36. The van der Waals surface area contributed by atoms with Gasteiger partial charge in [0, 0.05) is 11.8 Å². The van der Waals surface area contributed by atoms with Crippen LogP contribution in [0.3, 0.4) is 0 Å². The highest BCUT2D eigenvalue weighted by Crippen LogP contribution is 2.37. The van der Waals surface area contributed by atoms with Crippen LogP contribution in [0.1, 0.15) is 27.2 Å². The maximum atomic E-state index is 5.64. The number of hydrogen-bond donors (Lipinski definition) is 0. The minimum absolute atomic E-state index is 0.137. The molecular formula is C13H18O. The monoisotopic (exact) mass is 190 g/mol. The molecule has 1 aliphatic carbocycles. The molecule has 0 aromatic carbocycles. The van der Waals surface area contributed by atoms with E-state index in [1.54, 1.807) is 0 Å². The zero-order valence-electron chi connectivity index (χ0n) is 9.21. The second-order valence-corrected chi connectivity index (χ2v) is 4.68. The van der Waals surface area contributed by atoms with Gasteiger partial charge in [-0.3, -0.25) is 0 Å². The molecule has 2 aliphatic rings. The summed E-state index contributed by atoms with van der Waals surface area (Å²) < 4.78 is 5.64. The van der Waals surface area contributed by atoms with E-state index in [2.05, 4.69) is 45.1 Å². The Morgan fingerprint density at radius 3 is 2.93 bits per heavy atom. The van der Waals surface area contributed by atoms with Crippen molar-refractivity contribution in [2.45, 2.75) is 27.2 Å². The van der Waals surface area contributed by atoms with Gasteiger partial charge >= 0.3 is 0 Å². The molecule has 0 saturated carbocycles. The van der Waals surface area contributed by atoms with Crippen molar-refractivity contribution in [1.29, 1.82) is 0 Å². The molecule has 0 aromatic heterocycles. The van der Waals surface area contributed by atoms with E-state index in [1.807, 2.05) is 0 Å². The normalized spacial score (nSPS) is 30.6. The Morgan fingerprint density at radius 1 is 1.43 bits per heavy atom. The maximum Gasteiger partial charge on any atom is 0.119 e. The largest absolute Gasteiger partial charge is 0.493 e. The summed E-state index contributed by atoms with van der Waals surface area (Å²) in [6.45, 7) is 7.61. The maximum absolute atomic E-state index is 5.64. The van der Waals surface area contributed by atoms with Gasteiger partial charge in [-0.15, -0.1) is 0 Å². The van der Waals surface area contributed by atoms with Crippen molar-refractivity contribution in [3.8, 4) is 0 Å². The lowest BCUT2D eigenvalue weighted by Gasteiger charge is -2.26. The van der Waals surface area contributed by atoms with Crippen molar-refractivity contribution < 1.29 is 4.74 Å². The molecule has 1 saturated heterocycles. The minimum atomic E-state index is 0.137. The summed E-state index contributed by atoms with van der Waals surface area (Å²) in [5.74, 6) is 1.70. The molecule has 1 unspecified atom stereocenters. The van der Waals surface area contributed by atoms with Gasteiger partial charge < -0.3 is 4.74 Å². The molecule has 1 heterocycles. The Morgan fingerprint density at radius 2 is 2.21 bits per heavy atom. The molecule has 1 fully saturated rings. The average Bonchev–Trinajstić information content (AvgIpc) is 2.46. The Bertz CT molecular complexity index is 320. The summed E-state index contributed by atoms with van der Waals surface area (Å²) in [5.41, 5.74) is 1.49. The van der Waals surface area contributed by atoms with E-state index in [0.29, 0.717) is 5.92 Å². The standard InChI is InChI=1S/C13H18O/c1-10(2)13(3)7-4-5-11-6-8-14-12(11)9-13/h4-5,7,9-10H,6,8H2,1-3H3. The Labute approximate surface area is 86.2 Å². The summed E-state index contributed by atoms with van der Waals surface area (Å²) in [5, 5.41) is 0. The van der Waals surface area contributed by atoms with Crippen molar-refractivity contribution in [3.05, 3.63) is 35.6 Å². The van der Waals surface area contributed by atoms with Gasteiger partial charge in [-0.05, 0) is 17.6 Å². The van der Waals surface area contributed by atoms with Crippen LogP contribution in [0.4, 0.5) is 0 Å². The lowest BCUT2D eigenvalue weighted by molar-refractivity contribution is 0.255. The van der Waals surface area contributed by atoms with Gasteiger partial charge in [-0.2, -0.15) is 0 Å². The van der Waals surface area contributed by atoms with E-state index in [9.17, 15) is 0 Å². The quantitative estimate of drug-likeness (QED) is 0.615. The molecular weight excluding hydrogens is 172 g/mol. The van der Waals surface area contributed by atoms with Crippen LogP contribution >= 0.6 is 0 Å². The number of allylic oxidation sites excluding steroid dienone is 5. The number of fused-ring (bicyclic) bond motifs is 1. The van der Waals surface area contributed by atoms with Crippen LogP contribution in [0.5, 0.6) is 0 Å². The van der Waals surface area contributed by atoms with E-state index >= 15 is 0 Å². The molecule has 0 spiro atoms. The molecule has 0 radical (unpaired) electrons. The number of hydrogen-bond acceptors (Lipinski definition) is 1. The fraction of sp³-hybridized carbons (Fsp3) is 0.538. The van der Waals surface area contributed by atoms with Crippen molar-refractivity contribution in [2.24, 2.45) is 11.3 Å². The van der Waals surface area contributed by atoms with Crippen molar-refractivity contribution in [3.63, 3.8) is 0 Å². The van der Waals surface area contributed by atoms with Crippen LogP contribution < -0.4 is 0 Å². The molecule has 14 heavy (non-hydrogen) atoms. The first kappa shape index (κ1) is 9.57.